The molecule has 0 radical (unpaired) electrons. The number of allylic oxidation sites excluding steroid dienone is 3. The van der Waals surface area contributed by atoms with Crippen molar-refractivity contribution in [3.8, 4) is 11.3 Å². The monoisotopic (exact) mass is 263 g/mol. The molecule has 0 spiro atoms. The van der Waals surface area contributed by atoms with Crippen molar-refractivity contribution in [1.82, 2.24) is 9.97 Å². The van der Waals surface area contributed by atoms with Crippen molar-refractivity contribution in [1.29, 1.82) is 0 Å². The number of rotatable bonds is 4. The molecular weight excluding hydrogens is 246 g/mol. The average Bonchev–Trinajstić information content (AvgIpc) is 2.50. The van der Waals surface area contributed by atoms with Crippen molar-refractivity contribution in [2.75, 3.05) is 0 Å². The Labute approximate surface area is 119 Å². The van der Waals surface area contributed by atoms with E-state index in [1.165, 1.54) is 0 Å². The number of aryl methyl sites for hydroxylation is 1. The van der Waals surface area contributed by atoms with Crippen LogP contribution < -0.4 is 0 Å². The van der Waals surface area contributed by atoms with Crippen LogP contribution in [0.1, 0.15) is 18.3 Å². The predicted octanol–water partition coefficient (Wildman–Crippen LogP) is 4.07. The molecule has 3 heteroatoms. The van der Waals surface area contributed by atoms with Crippen LogP contribution in [-0.4, -0.2) is 16.7 Å². The van der Waals surface area contributed by atoms with Gasteiger partial charge in [-0.2, -0.15) is 0 Å². The summed E-state index contributed by atoms with van der Waals surface area (Å²) in [5.41, 5.74) is 5.18. The first-order chi connectivity index (χ1) is 9.67. The molecule has 0 N–H and O–H groups in total. The highest BCUT2D eigenvalue weighted by Gasteiger charge is 2.10. The second-order valence-electron chi connectivity index (χ2n) is 4.42. The summed E-state index contributed by atoms with van der Waals surface area (Å²) in [6.45, 7) is 11.2. The predicted molar refractivity (Wildman–Crippen MR) is 84.5 cm³/mol. The molecule has 100 valence electrons. The first-order valence-corrected chi connectivity index (χ1v) is 6.37. The second kappa shape index (κ2) is 6.06. The molecule has 1 aromatic heterocycles. The molecule has 0 aliphatic rings. The molecule has 2 rings (SSSR count). The van der Waals surface area contributed by atoms with Gasteiger partial charge in [0.25, 0.3) is 0 Å². The van der Waals surface area contributed by atoms with E-state index in [9.17, 15) is 0 Å². The Bertz CT molecular complexity index is 670. The molecule has 0 amide bonds. The van der Waals surface area contributed by atoms with Gasteiger partial charge in [0.1, 0.15) is 0 Å². The van der Waals surface area contributed by atoms with E-state index in [-0.39, 0.29) is 0 Å². The lowest BCUT2D eigenvalue weighted by Gasteiger charge is -2.09. The minimum Gasteiger partial charge on any atom is -0.269 e. The van der Waals surface area contributed by atoms with Crippen LogP contribution in [0.5, 0.6) is 0 Å². The van der Waals surface area contributed by atoms with Crippen molar-refractivity contribution in [2.45, 2.75) is 13.8 Å². The maximum Gasteiger partial charge on any atom is 0.0939 e. The third kappa shape index (κ3) is 2.72. The Morgan fingerprint density at radius 1 is 1.25 bits per heavy atom. The summed E-state index contributed by atoms with van der Waals surface area (Å²) in [4.78, 5) is 13.1. The zero-order valence-corrected chi connectivity index (χ0v) is 11.8. The van der Waals surface area contributed by atoms with Gasteiger partial charge in [0.15, 0.2) is 0 Å². The molecule has 0 atom stereocenters. The van der Waals surface area contributed by atoms with Crippen LogP contribution in [-0.2, 0) is 0 Å². The Kier molecular flexibility index (Phi) is 4.20. The van der Waals surface area contributed by atoms with Gasteiger partial charge in [0, 0.05) is 16.8 Å². The smallest absolute Gasteiger partial charge is 0.0939 e. The Balaban J connectivity index is 2.61. The van der Waals surface area contributed by atoms with Crippen molar-refractivity contribution in [3.05, 3.63) is 66.3 Å². The molecule has 0 saturated heterocycles. The van der Waals surface area contributed by atoms with E-state index in [0.29, 0.717) is 0 Å². The van der Waals surface area contributed by atoms with Crippen molar-refractivity contribution in [3.63, 3.8) is 0 Å². The minimum atomic E-state index is 0.794. The van der Waals surface area contributed by atoms with E-state index in [1.54, 1.807) is 12.3 Å². The number of hydrogen-bond donors (Lipinski definition) is 0. The topological polar surface area (TPSA) is 38.1 Å². The van der Waals surface area contributed by atoms with Crippen molar-refractivity contribution >= 4 is 12.3 Å². The maximum atomic E-state index is 4.70. The number of hydrogen-bond acceptors (Lipinski definition) is 3. The SMILES string of the molecule is C=C/C(=C(/C)N=C)c1nc(-c2ccccc2)cnc1C. The molecular formula is C17H17N3. The van der Waals surface area contributed by atoms with Crippen LogP contribution in [0.3, 0.4) is 0 Å². The lowest BCUT2D eigenvalue weighted by atomic mass is 10.1. The first-order valence-electron chi connectivity index (χ1n) is 6.37. The molecule has 0 aliphatic heterocycles. The summed E-state index contributed by atoms with van der Waals surface area (Å²) in [6, 6.07) is 9.97. The molecule has 0 unspecified atom stereocenters. The van der Waals surface area contributed by atoms with Gasteiger partial charge in [-0.1, -0.05) is 43.0 Å². The lowest BCUT2D eigenvalue weighted by molar-refractivity contribution is 1.09. The molecule has 0 fully saturated rings. The first kappa shape index (κ1) is 13.9. The summed E-state index contributed by atoms with van der Waals surface area (Å²) in [5.74, 6) is 0. The Morgan fingerprint density at radius 2 is 1.95 bits per heavy atom. The summed E-state index contributed by atoms with van der Waals surface area (Å²) in [6.07, 6.45) is 3.53. The molecule has 1 heterocycles. The zero-order chi connectivity index (χ0) is 14.5. The molecule has 2 aromatic rings. The van der Waals surface area contributed by atoms with E-state index in [0.717, 1.165) is 33.9 Å². The van der Waals surface area contributed by atoms with Crippen LogP contribution in [0.25, 0.3) is 16.8 Å². The normalized spacial score (nSPS) is 11.7. The fourth-order valence-electron chi connectivity index (χ4n) is 1.95. The zero-order valence-electron chi connectivity index (χ0n) is 11.8. The third-order valence-corrected chi connectivity index (χ3v) is 3.11. The fourth-order valence-corrected chi connectivity index (χ4v) is 1.95. The Morgan fingerprint density at radius 3 is 2.55 bits per heavy atom. The molecule has 20 heavy (non-hydrogen) atoms. The summed E-state index contributed by atoms with van der Waals surface area (Å²) < 4.78 is 0. The highest BCUT2D eigenvalue weighted by atomic mass is 14.8. The van der Waals surface area contributed by atoms with Gasteiger partial charge < -0.3 is 0 Å². The summed E-state index contributed by atoms with van der Waals surface area (Å²) in [5, 5.41) is 0. The van der Waals surface area contributed by atoms with Crippen LogP contribution in [0.2, 0.25) is 0 Å². The van der Waals surface area contributed by atoms with Gasteiger partial charge in [0.05, 0.1) is 23.3 Å². The molecule has 1 aromatic carbocycles. The van der Waals surface area contributed by atoms with Gasteiger partial charge in [-0.15, -0.1) is 0 Å². The highest BCUT2D eigenvalue weighted by Crippen LogP contribution is 2.24. The van der Waals surface area contributed by atoms with E-state index in [1.807, 2.05) is 44.2 Å². The third-order valence-electron chi connectivity index (χ3n) is 3.11. The summed E-state index contributed by atoms with van der Waals surface area (Å²) >= 11 is 0. The molecule has 0 bridgehead atoms. The standard InChI is InChI=1S/C17H17N3/c1-5-15(12(2)18-4)17-13(3)19-11-16(20-17)14-9-7-6-8-10-14/h5-11H,1,4H2,2-3H3/b15-12+. The fraction of sp³-hybridized carbons (Fsp3) is 0.118. The van der Waals surface area contributed by atoms with E-state index < -0.39 is 0 Å². The largest absolute Gasteiger partial charge is 0.269 e. The number of nitrogens with zero attached hydrogens (tertiary/aromatic N) is 3. The number of benzene rings is 1. The van der Waals surface area contributed by atoms with Crippen LogP contribution >= 0.6 is 0 Å². The van der Waals surface area contributed by atoms with Crippen molar-refractivity contribution in [2.24, 2.45) is 4.99 Å². The van der Waals surface area contributed by atoms with Gasteiger partial charge in [0.2, 0.25) is 0 Å². The number of aromatic nitrogens is 2. The second-order valence-corrected chi connectivity index (χ2v) is 4.42. The quantitative estimate of drug-likeness (QED) is 0.616. The summed E-state index contributed by atoms with van der Waals surface area (Å²) in [7, 11) is 0. The van der Waals surface area contributed by atoms with Gasteiger partial charge in [-0.05, 0) is 20.6 Å². The average molecular weight is 263 g/mol. The Hall–Kier alpha value is -2.55. The van der Waals surface area contributed by atoms with Gasteiger partial charge in [-0.25, -0.2) is 4.98 Å². The molecule has 3 nitrogen and oxygen atoms in total. The van der Waals surface area contributed by atoms with E-state index >= 15 is 0 Å². The van der Waals surface area contributed by atoms with E-state index in [4.69, 9.17) is 4.98 Å². The van der Waals surface area contributed by atoms with E-state index in [2.05, 4.69) is 23.3 Å². The van der Waals surface area contributed by atoms with Crippen molar-refractivity contribution < 1.29 is 0 Å². The lowest BCUT2D eigenvalue weighted by Crippen LogP contribution is -1.99. The minimum absolute atomic E-state index is 0.794. The van der Waals surface area contributed by atoms with Crippen LogP contribution in [0.4, 0.5) is 0 Å². The van der Waals surface area contributed by atoms with Crippen LogP contribution in [0, 0.1) is 6.92 Å². The van der Waals surface area contributed by atoms with Gasteiger partial charge in [-0.3, -0.25) is 9.98 Å². The highest BCUT2D eigenvalue weighted by molar-refractivity contribution is 5.76. The van der Waals surface area contributed by atoms with Crippen LogP contribution in [0.15, 0.2) is 59.9 Å². The molecule has 0 aliphatic carbocycles. The maximum absolute atomic E-state index is 4.70. The molecule has 0 saturated carbocycles. The van der Waals surface area contributed by atoms with Gasteiger partial charge >= 0.3 is 0 Å². The number of aliphatic imine (C=N–C) groups is 1.